The molecule has 2 rings (SSSR count). The van der Waals surface area contributed by atoms with Crippen LogP contribution in [0.3, 0.4) is 0 Å². The van der Waals surface area contributed by atoms with Crippen LogP contribution in [0, 0.1) is 12.8 Å². The molecule has 130 valence electrons. The van der Waals surface area contributed by atoms with Gasteiger partial charge in [0.15, 0.2) is 6.10 Å². The van der Waals surface area contributed by atoms with Crippen LogP contribution in [-0.2, 0) is 19.1 Å². The number of rotatable bonds is 4. The highest BCUT2D eigenvalue weighted by atomic mass is 16.5. The van der Waals surface area contributed by atoms with Gasteiger partial charge in [-0.15, -0.1) is 0 Å². The van der Waals surface area contributed by atoms with E-state index in [4.69, 9.17) is 4.74 Å². The Balaban J connectivity index is 1.87. The van der Waals surface area contributed by atoms with Crippen molar-refractivity contribution in [2.45, 2.75) is 39.7 Å². The summed E-state index contributed by atoms with van der Waals surface area (Å²) in [5.41, 5.74) is 1.76. The number of ether oxygens (including phenoxy) is 1. The van der Waals surface area contributed by atoms with Gasteiger partial charge in [0.25, 0.3) is 5.91 Å². The fourth-order valence-electron chi connectivity index (χ4n) is 2.66. The number of hydrogen-bond acceptors (Lipinski definition) is 4. The van der Waals surface area contributed by atoms with Gasteiger partial charge < -0.3 is 15.0 Å². The van der Waals surface area contributed by atoms with E-state index >= 15 is 0 Å². The fourth-order valence-corrected chi connectivity index (χ4v) is 2.66. The molecule has 1 fully saturated rings. The summed E-state index contributed by atoms with van der Waals surface area (Å²) in [5.74, 6) is -1.20. The zero-order valence-electron chi connectivity index (χ0n) is 14.4. The zero-order valence-corrected chi connectivity index (χ0v) is 14.4. The topological polar surface area (TPSA) is 75.7 Å². The number of nitrogens with zero attached hydrogens (tertiary/aromatic N) is 1. The van der Waals surface area contributed by atoms with Crippen LogP contribution in [-0.4, -0.2) is 41.9 Å². The SMILES string of the molecule is CC(=O)N1CCCC(C(=O)OC(C)C(=O)Nc2ccc(C)cc2)C1. The molecule has 0 aliphatic carbocycles. The van der Waals surface area contributed by atoms with E-state index in [9.17, 15) is 14.4 Å². The minimum Gasteiger partial charge on any atom is -0.452 e. The third-order valence-electron chi connectivity index (χ3n) is 4.18. The van der Waals surface area contributed by atoms with Gasteiger partial charge in [-0.2, -0.15) is 0 Å². The summed E-state index contributed by atoms with van der Waals surface area (Å²) in [7, 11) is 0. The average molecular weight is 332 g/mol. The number of nitrogens with one attached hydrogen (secondary N) is 1. The minimum atomic E-state index is -0.883. The number of carbonyl (C=O) groups is 3. The van der Waals surface area contributed by atoms with E-state index in [0.717, 1.165) is 12.0 Å². The van der Waals surface area contributed by atoms with Crippen molar-refractivity contribution in [2.24, 2.45) is 5.92 Å². The number of anilines is 1. The molecule has 2 atom stereocenters. The minimum absolute atomic E-state index is 0.0438. The fraction of sp³-hybridized carbons (Fsp3) is 0.500. The van der Waals surface area contributed by atoms with Crippen LogP contribution < -0.4 is 5.32 Å². The van der Waals surface area contributed by atoms with Crippen molar-refractivity contribution in [2.75, 3.05) is 18.4 Å². The summed E-state index contributed by atoms with van der Waals surface area (Å²) < 4.78 is 5.29. The first-order valence-electron chi connectivity index (χ1n) is 8.20. The van der Waals surface area contributed by atoms with Gasteiger partial charge in [-0.3, -0.25) is 14.4 Å². The van der Waals surface area contributed by atoms with E-state index in [-0.39, 0.29) is 17.7 Å². The molecule has 6 nitrogen and oxygen atoms in total. The Hall–Kier alpha value is -2.37. The molecule has 6 heteroatoms. The van der Waals surface area contributed by atoms with Gasteiger partial charge in [0.2, 0.25) is 5.91 Å². The number of esters is 1. The van der Waals surface area contributed by atoms with Crippen LogP contribution in [0.4, 0.5) is 5.69 Å². The van der Waals surface area contributed by atoms with E-state index < -0.39 is 12.1 Å². The van der Waals surface area contributed by atoms with Crippen molar-refractivity contribution in [1.82, 2.24) is 4.90 Å². The van der Waals surface area contributed by atoms with Crippen molar-refractivity contribution >= 4 is 23.5 Å². The molecule has 1 aromatic rings. The smallest absolute Gasteiger partial charge is 0.311 e. The Bertz CT molecular complexity index is 612. The second-order valence-electron chi connectivity index (χ2n) is 6.24. The van der Waals surface area contributed by atoms with Crippen molar-refractivity contribution < 1.29 is 19.1 Å². The molecule has 2 unspecified atom stereocenters. The average Bonchev–Trinajstić information content (AvgIpc) is 2.56. The van der Waals surface area contributed by atoms with Gasteiger partial charge in [0.05, 0.1) is 5.92 Å². The summed E-state index contributed by atoms with van der Waals surface area (Å²) in [6, 6.07) is 7.39. The number of carbonyl (C=O) groups excluding carboxylic acids is 3. The molecular weight excluding hydrogens is 308 g/mol. The standard InChI is InChI=1S/C18H24N2O4/c1-12-6-8-16(9-7-12)19-17(22)13(2)24-18(23)15-5-4-10-20(11-15)14(3)21/h6-9,13,15H,4-5,10-11H2,1-3H3,(H,19,22). The molecular formula is C18H24N2O4. The normalized spacial score (nSPS) is 18.6. The van der Waals surface area contributed by atoms with Crippen LogP contribution in [0.15, 0.2) is 24.3 Å². The summed E-state index contributed by atoms with van der Waals surface area (Å²) in [4.78, 5) is 37.5. The highest BCUT2D eigenvalue weighted by Crippen LogP contribution is 2.19. The highest BCUT2D eigenvalue weighted by molar-refractivity contribution is 5.95. The Morgan fingerprint density at radius 2 is 1.92 bits per heavy atom. The number of aryl methyl sites for hydroxylation is 1. The first kappa shape index (κ1) is 18.0. The Kier molecular flexibility index (Phi) is 5.95. The van der Waals surface area contributed by atoms with Crippen LogP contribution >= 0.6 is 0 Å². The molecule has 1 aromatic carbocycles. The summed E-state index contributed by atoms with van der Waals surface area (Å²) in [5, 5.41) is 2.72. The molecule has 1 aliphatic heterocycles. The van der Waals surface area contributed by atoms with Crippen LogP contribution in [0.2, 0.25) is 0 Å². The lowest BCUT2D eigenvalue weighted by Crippen LogP contribution is -2.43. The van der Waals surface area contributed by atoms with Gasteiger partial charge in [0, 0.05) is 25.7 Å². The Labute approximate surface area is 142 Å². The maximum atomic E-state index is 12.2. The lowest BCUT2D eigenvalue weighted by atomic mass is 9.98. The number of piperidine rings is 1. The van der Waals surface area contributed by atoms with Crippen molar-refractivity contribution in [3.8, 4) is 0 Å². The number of likely N-dealkylation sites (tertiary alicyclic amines) is 1. The van der Waals surface area contributed by atoms with Crippen molar-refractivity contribution in [3.63, 3.8) is 0 Å². The predicted octanol–water partition coefficient (Wildman–Crippen LogP) is 2.12. The monoisotopic (exact) mass is 332 g/mol. The second-order valence-corrected chi connectivity index (χ2v) is 6.24. The molecule has 2 amide bonds. The van der Waals surface area contributed by atoms with Gasteiger partial charge in [-0.1, -0.05) is 17.7 Å². The Morgan fingerprint density at radius 1 is 1.25 bits per heavy atom. The first-order valence-corrected chi connectivity index (χ1v) is 8.20. The third kappa shape index (κ3) is 4.81. The van der Waals surface area contributed by atoms with E-state index in [1.807, 2.05) is 19.1 Å². The van der Waals surface area contributed by atoms with E-state index in [1.165, 1.54) is 6.92 Å². The molecule has 24 heavy (non-hydrogen) atoms. The predicted molar refractivity (Wildman–Crippen MR) is 90.3 cm³/mol. The molecule has 0 bridgehead atoms. The lowest BCUT2D eigenvalue weighted by molar-refractivity contribution is -0.159. The maximum absolute atomic E-state index is 12.2. The van der Waals surface area contributed by atoms with Crippen LogP contribution in [0.25, 0.3) is 0 Å². The third-order valence-corrected chi connectivity index (χ3v) is 4.18. The van der Waals surface area contributed by atoms with Gasteiger partial charge in [0.1, 0.15) is 0 Å². The lowest BCUT2D eigenvalue weighted by Gasteiger charge is -2.31. The van der Waals surface area contributed by atoms with Crippen molar-refractivity contribution in [1.29, 1.82) is 0 Å². The number of amides is 2. The highest BCUT2D eigenvalue weighted by Gasteiger charge is 2.30. The molecule has 1 saturated heterocycles. The number of benzene rings is 1. The number of hydrogen-bond donors (Lipinski definition) is 1. The molecule has 0 saturated carbocycles. The molecule has 0 radical (unpaired) electrons. The van der Waals surface area contributed by atoms with Crippen LogP contribution in [0.5, 0.6) is 0 Å². The summed E-state index contributed by atoms with van der Waals surface area (Å²) in [6.45, 7) is 6.03. The molecule has 0 spiro atoms. The summed E-state index contributed by atoms with van der Waals surface area (Å²) >= 11 is 0. The maximum Gasteiger partial charge on any atom is 0.311 e. The van der Waals surface area contributed by atoms with E-state index in [0.29, 0.717) is 25.2 Å². The Morgan fingerprint density at radius 3 is 2.54 bits per heavy atom. The van der Waals surface area contributed by atoms with Crippen molar-refractivity contribution in [3.05, 3.63) is 29.8 Å². The van der Waals surface area contributed by atoms with Gasteiger partial charge in [-0.05, 0) is 38.8 Å². The van der Waals surface area contributed by atoms with Gasteiger partial charge >= 0.3 is 5.97 Å². The first-order chi connectivity index (χ1) is 11.4. The van der Waals surface area contributed by atoms with E-state index in [2.05, 4.69) is 5.32 Å². The van der Waals surface area contributed by atoms with Gasteiger partial charge in [-0.25, -0.2) is 0 Å². The van der Waals surface area contributed by atoms with Crippen LogP contribution in [0.1, 0.15) is 32.3 Å². The molecule has 1 aliphatic rings. The molecule has 0 aromatic heterocycles. The quantitative estimate of drug-likeness (QED) is 0.857. The largest absolute Gasteiger partial charge is 0.452 e. The zero-order chi connectivity index (χ0) is 17.7. The molecule has 1 heterocycles. The van der Waals surface area contributed by atoms with E-state index in [1.54, 1.807) is 24.0 Å². The second kappa shape index (κ2) is 7.95. The molecule has 1 N–H and O–H groups in total. The summed E-state index contributed by atoms with van der Waals surface area (Å²) in [6.07, 6.45) is 0.560.